The number of hydrogen-bond acceptors (Lipinski definition) is 1. The lowest BCUT2D eigenvalue weighted by Crippen LogP contribution is -2.33. The Morgan fingerprint density at radius 2 is 1.82 bits per heavy atom. The van der Waals surface area contributed by atoms with Crippen LogP contribution in [0, 0.1) is 0 Å². The van der Waals surface area contributed by atoms with Crippen molar-refractivity contribution in [3.8, 4) is 0 Å². The third-order valence-corrected chi connectivity index (χ3v) is 1.91. The van der Waals surface area contributed by atoms with Crippen LogP contribution in [0.25, 0.3) is 0 Å². The van der Waals surface area contributed by atoms with Crippen molar-refractivity contribution in [2.75, 3.05) is 20.6 Å². The summed E-state index contributed by atoms with van der Waals surface area (Å²) in [7, 11) is 4.15. The molecule has 0 bridgehead atoms. The monoisotopic (exact) mass is 156 g/mol. The summed E-state index contributed by atoms with van der Waals surface area (Å²) in [6.45, 7) is 6.56. The SMILES string of the molecule is CC[N+](C)(C)/C=C(\C)C(C)=O. The van der Waals surface area contributed by atoms with Crippen molar-refractivity contribution >= 4 is 5.78 Å². The Morgan fingerprint density at radius 3 is 2.09 bits per heavy atom. The van der Waals surface area contributed by atoms with Gasteiger partial charge in [0.15, 0.2) is 5.78 Å². The maximum absolute atomic E-state index is 10.9. The summed E-state index contributed by atoms with van der Waals surface area (Å²) in [6, 6.07) is 0. The first kappa shape index (κ1) is 10.4. The van der Waals surface area contributed by atoms with Gasteiger partial charge in [-0.05, 0) is 20.8 Å². The van der Waals surface area contributed by atoms with Gasteiger partial charge in [0, 0.05) is 5.57 Å². The van der Waals surface area contributed by atoms with Crippen molar-refractivity contribution < 1.29 is 9.28 Å². The number of hydrogen-bond donors (Lipinski definition) is 0. The summed E-state index contributed by atoms with van der Waals surface area (Å²) in [6.07, 6.45) is 1.99. The molecule has 11 heavy (non-hydrogen) atoms. The second kappa shape index (κ2) is 3.67. The van der Waals surface area contributed by atoms with Crippen LogP contribution in [0.3, 0.4) is 0 Å². The standard InChI is InChI=1S/C9H18NO/c1-6-10(4,5)7-8(2)9(3)11/h7H,6H2,1-5H3/q+1/b8-7+. The van der Waals surface area contributed by atoms with E-state index in [4.69, 9.17) is 0 Å². The molecule has 0 aromatic rings. The number of carbonyl (C=O) groups excluding carboxylic acids is 1. The summed E-state index contributed by atoms with van der Waals surface area (Å²) in [5, 5.41) is 0. The normalized spacial score (nSPS) is 13.4. The first-order chi connectivity index (χ1) is 4.89. The molecule has 0 unspecified atom stereocenters. The number of quaternary nitrogens is 1. The Hall–Kier alpha value is -0.630. The highest BCUT2D eigenvalue weighted by Gasteiger charge is 2.10. The minimum absolute atomic E-state index is 0.157. The molecule has 0 aliphatic heterocycles. The molecule has 0 saturated heterocycles. The van der Waals surface area contributed by atoms with Gasteiger partial charge in [-0.3, -0.25) is 4.79 Å². The van der Waals surface area contributed by atoms with Gasteiger partial charge in [0.25, 0.3) is 0 Å². The zero-order valence-corrected chi connectivity index (χ0v) is 8.14. The summed E-state index contributed by atoms with van der Waals surface area (Å²) < 4.78 is 0.769. The lowest BCUT2D eigenvalue weighted by molar-refractivity contribution is -0.837. The second-order valence-corrected chi connectivity index (χ2v) is 3.46. The minimum atomic E-state index is 0.157. The largest absolute Gasteiger partial charge is 0.302 e. The van der Waals surface area contributed by atoms with E-state index in [1.54, 1.807) is 6.92 Å². The van der Waals surface area contributed by atoms with Crippen molar-refractivity contribution in [1.82, 2.24) is 0 Å². The van der Waals surface area contributed by atoms with Gasteiger partial charge in [-0.15, -0.1) is 0 Å². The summed E-state index contributed by atoms with van der Waals surface area (Å²) >= 11 is 0. The van der Waals surface area contributed by atoms with E-state index >= 15 is 0 Å². The minimum Gasteiger partial charge on any atom is -0.302 e. The van der Waals surface area contributed by atoms with E-state index in [9.17, 15) is 4.79 Å². The zero-order chi connectivity index (χ0) is 9.07. The van der Waals surface area contributed by atoms with Crippen LogP contribution in [0.4, 0.5) is 0 Å². The lowest BCUT2D eigenvalue weighted by Gasteiger charge is -2.23. The average Bonchev–Trinajstić information content (AvgIpc) is 1.87. The first-order valence-electron chi connectivity index (χ1n) is 3.92. The molecule has 2 nitrogen and oxygen atoms in total. The fourth-order valence-corrected chi connectivity index (χ4v) is 0.706. The quantitative estimate of drug-likeness (QED) is 0.448. The third-order valence-electron chi connectivity index (χ3n) is 1.91. The number of rotatable bonds is 3. The first-order valence-corrected chi connectivity index (χ1v) is 3.92. The van der Waals surface area contributed by atoms with Crippen LogP contribution in [-0.2, 0) is 4.79 Å². The molecule has 0 heterocycles. The number of Topliss-reactive ketones (excluding diaryl/α,β-unsaturated/α-hetero) is 1. The molecule has 64 valence electrons. The highest BCUT2D eigenvalue weighted by molar-refractivity contribution is 5.92. The van der Waals surface area contributed by atoms with Crippen LogP contribution in [0.15, 0.2) is 11.8 Å². The van der Waals surface area contributed by atoms with E-state index in [0.717, 1.165) is 16.6 Å². The molecule has 0 rings (SSSR count). The topological polar surface area (TPSA) is 17.1 Å². The molecule has 0 aliphatic rings. The Morgan fingerprint density at radius 1 is 1.36 bits per heavy atom. The molecule has 0 aromatic heterocycles. The van der Waals surface area contributed by atoms with Crippen LogP contribution in [0.1, 0.15) is 20.8 Å². The predicted octanol–water partition coefficient (Wildman–Crippen LogP) is 1.58. The smallest absolute Gasteiger partial charge is 0.160 e. The molecule has 0 fully saturated rings. The average molecular weight is 156 g/mol. The molecule has 0 spiro atoms. The summed E-state index contributed by atoms with van der Waals surface area (Å²) in [4.78, 5) is 10.9. The highest BCUT2D eigenvalue weighted by atomic mass is 16.1. The molecule has 0 radical (unpaired) electrons. The van der Waals surface area contributed by atoms with Crippen LogP contribution in [-0.4, -0.2) is 30.9 Å². The number of allylic oxidation sites excluding steroid dienone is 1. The molecule has 2 heteroatoms. The zero-order valence-electron chi connectivity index (χ0n) is 8.14. The Kier molecular flexibility index (Phi) is 3.46. The van der Waals surface area contributed by atoms with Crippen molar-refractivity contribution in [1.29, 1.82) is 0 Å². The summed E-state index contributed by atoms with van der Waals surface area (Å²) in [5.74, 6) is 0.157. The number of ketones is 1. The van der Waals surface area contributed by atoms with E-state index in [1.165, 1.54) is 0 Å². The molecule has 0 saturated carbocycles. The van der Waals surface area contributed by atoms with E-state index in [-0.39, 0.29) is 5.78 Å². The van der Waals surface area contributed by atoms with Crippen LogP contribution >= 0.6 is 0 Å². The van der Waals surface area contributed by atoms with Crippen molar-refractivity contribution in [3.63, 3.8) is 0 Å². The van der Waals surface area contributed by atoms with Gasteiger partial charge in [-0.25, -0.2) is 0 Å². The van der Waals surface area contributed by atoms with Crippen LogP contribution < -0.4 is 0 Å². The third kappa shape index (κ3) is 3.94. The maximum atomic E-state index is 10.9. The number of nitrogens with zero attached hydrogens (tertiary/aromatic N) is 1. The van der Waals surface area contributed by atoms with Gasteiger partial charge in [-0.2, -0.15) is 0 Å². The molecule has 0 aliphatic carbocycles. The maximum Gasteiger partial charge on any atom is 0.160 e. The van der Waals surface area contributed by atoms with E-state index in [1.807, 2.05) is 13.1 Å². The Bertz CT molecular complexity index is 180. The van der Waals surface area contributed by atoms with Gasteiger partial charge < -0.3 is 4.48 Å². The molecule has 0 atom stereocenters. The van der Waals surface area contributed by atoms with E-state index < -0.39 is 0 Å². The van der Waals surface area contributed by atoms with Crippen molar-refractivity contribution in [3.05, 3.63) is 11.8 Å². The molecular formula is C9H18NO+. The van der Waals surface area contributed by atoms with Gasteiger partial charge in [-0.1, -0.05) is 0 Å². The second-order valence-electron chi connectivity index (χ2n) is 3.46. The Balaban J connectivity index is 4.41. The van der Waals surface area contributed by atoms with Gasteiger partial charge in [0.05, 0.1) is 20.6 Å². The van der Waals surface area contributed by atoms with Crippen LogP contribution in [0.5, 0.6) is 0 Å². The van der Waals surface area contributed by atoms with E-state index in [2.05, 4.69) is 21.0 Å². The highest BCUT2D eigenvalue weighted by Crippen LogP contribution is 2.03. The lowest BCUT2D eigenvalue weighted by atomic mass is 10.2. The molecule has 0 N–H and O–H groups in total. The van der Waals surface area contributed by atoms with Crippen LogP contribution in [0.2, 0.25) is 0 Å². The fourth-order valence-electron chi connectivity index (χ4n) is 0.706. The van der Waals surface area contributed by atoms with Gasteiger partial charge >= 0.3 is 0 Å². The summed E-state index contributed by atoms with van der Waals surface area (Å²) in [5.41, 5.74) is 0.844. The van der Waals surface area contributed by atoms with Crippen molar-refractivity contribution in [2.24, 2.45) is 0 Å². The predicted molar refractivity (Wildman–Crippen MR) is 47.1 cm³/mol. The van der Waals surface area contributed by atoms with Crippen molar-refractivity contribution in [2.45, 2.75) is 20.8 Å². The fraction of sp³-hybridized carbons (Fsp3) is 0.667. The number of carbonyl (C=O) groups is 1. The Labute approximate surface area is 69.1 Å². The molecular weight excluding hydrogens is 138 g/mol. The van der Waals surface area contributed by atoms with E-state index in [0.29, 0.717) is 0 Å². The van der Waals surface area contributed by atoms with Gasteiger partial charge in [0.1, 0.15) is 6.20 Å². The molecule has 0 amide bonds. The van der Waals surface area contributed by atoms with Gasteiger partial charge in [0.2, 0.25) is 0 Å². The molecule has 0 aromatic carbocycles.